The fourth-order valence-electron chi connectivity index (χ4n) is 1.29. The van der Waals surface area contributed by atoms with Gasteiger partial charge in [-0.1, -0.05) is 19.8 Å². The molecule has 0 atom stereocenters. The molecule has 0 bridgehead atoms. The van der Waals surface area contributed by atoms with Crippen molar-refractivity contribution in [2.75, 3.05) is 5.32 Å². The van der Waals surface area contributed by atoms with Crippen molar-refractivity contribution >= 4 is 11.6 Å². The van der Waals surface area contributed by atoms with Gasteiger partial charge in [0.2, 0.25) is 5.91 Å². The largest absolute Gasteiger partial charge is 0.326 e. The van der Waals surface area contributed by atoms with Crippen LogP contribution in [-0.2, 0) is 4.79 Å². The fourth-order valence-corrected chi connectivity index (χ4v) is 1.29. The molecule has 1 amide bonds. The Hall–Kier alpha value is -1.75. The van der Waals surface area contributed by atoms with Crippen molar-refractivity contribution in [2.45, 2.75) is 26.7 Å². The molecule has 0 aliphatic rings. The lowest BCUT2D eigenvalue weighted by molar-refractivity contribution is -0.116. The minimum absolute atomic E-state index is 0.0576. The van der Waals surface area contributed by atoms with E-state index in [0.29, 0.717) is 12.3 Å². The highest BCUT2D eigenvalue weighted by atomic mass is 16.1. The van der Waals surface area contributed by atoms with Crippen LogP contribution in [0.5, 0.6) is 0 Å². The maximum absolute atomic E-state index is 11.5. The van der Waals surface area contributed by atoms with Crippen molar-refractivity contribution in [3.8, 4) is 12.3 Å². The summed E-state index contributed by atoms with van der Waals surface area (Å²) in [5.74, 6) is 3.14. The zero-order valence-corrected chi connectivity index (χ0v) is 9.79. The third kappa shape index (κ3) is 4.18. The second-order valence-corrected chi connectivity index (χ2v) is 4.20. The van der Waals surface area contributed by atoms with E-state index in [1.807, 2.05) is 24.3 Å². The number of amides is 1. The van der Waals surface area contributed by atoms with E-state index >= 15 is 0 Å². The number of nitrogens with one attached hydrogen (secondary N) is 1. The third-order valence-corrected chi connectivity index (χ3v) is 2.28. The molecule has 0 radical (unpaired) electrons. The van der Waals surface area contributed by atoms with Crippen LogP contribution in [0.25, 0.3) is 0 Å². The van der Waals surface area contributed by atoms with E-state index in [2.05, 4.69) is 25.1 Å². The average Bonchev–Trinajstić information content (AvgIpc) is 2.27. The van der Waals surface area contributed by atoms with Crippen molar-refractivity contribution in [1.29, 1.82) is 0 Å². The van der Waals surface area contributed by atoms with Gasteiger partial charge in [0.1, 0.15) is 0 Å². The summed E-state index contributed by atoms with van der Waals surface area (Å²) in [6.45, 7) is 4.21. The molecule has 1 rings (SSSR count). The number of anilines is 1. The van der Waals surface area contributed by atoms with Crippen LogP contribution >= 0.6 is 0 Å². The highest BCUT2D eigenvalue weighted by molar-refractivity contribution is 5.90. The monoisotopic (exact) mass is 215 g/mol. The van der Waals surface area contributed by atoms with Crippen LogP contribution in [-0.4, -0.2) is 5.91 Å². The van der Waals surface area contributed by atoms with Gasteiger partial charge in [-0.05, 0) is 36.6 Å². The molecule has 0 saturated heterocycles. The molecule has 0 saturated carbocycles. The van der Waals surface area contributed by atoms with E-state index in [0.717, 1.165) is 17.7 Å². The molecule has 0 fully saturated rings. The van der Waals surface area contributed by atoms with Gasteiger partial charge in [0.25, 0.3) is 0 Å². The number of carbonyl (C=O) groups is 1. The first-order valence-electron chi connectivity index (χ1n) is 5.48. The molecule has 0 aromatic heterocycles. The maximum Gasteiger partial charge on any atom is 0.224 e. The molecule has 2 heteroatoms. The normalized spacial score (nSPS) is 9.88. The molecule has 1 aromatic rings. The van der Waals surface area contributed by atoms with Crippen LogP contribution < -0.4 is 5.32 Å². The molecule has 2 nitrogen and oxygen atoms in total. The smallest absolute Gasteiger partial charge is 0.224 e. The molecule has 84 valence electrons. The van der Waals surface area contributed by atoms with E-state index in [1.54, 1.807) is 0 Å². The molecule has 0 heterocycles. The van der Waals surface area contributed by atoms with Crippen LogP contribution in [0.15, 0.2) is 24.3 Å². The summed E-state index contributed by atoms with van der Waals surface area (Å²) in [5, 5.41) is 2.84. The zero-order chi connectivity index (χ0) is 12.0. The van der Waals surface area contributed by atoms with Crippen molar-refractivity contribution < 1.29 is 4.79 Å². The first-order chi connectivity index (χ1) is 7.61. The summed E-state index contributed by atoms with van der Waals surface area (Å²) in [5.41, 5.74) is 1.62. The van der Waals surface area contributed by atoms with Crippen LogP contribution in [0, 0.1) is 18.3 Å². The average molecular weight is 215 g/mol. The molecule has 0 aliphatic carbocycles. The summed E-state index contributed by atoms with van der Waals surface area (Å²) in [6, 6.07) is 7.28. The van der Waals surface area contributed by atoms with Crippen molar-refractivity contribution in [3.05, 3.63) is 29.8 Å². The van der Waals surface area contributed by atoms with Crippen LogP contribution in [0.2, 0.25) is 0 Å². The van der Waals surface area contributed by atoms with Gasteiger partial charge < -0.3 is 5.32 Å². The summed E-state index contributed by atoms with van der Waals surface area (Å²) in [7, 11) is 0. The molecular weight excluding hydrogens is 198 g/mol. The Morgan fingerprint density at radius 1 is 1.38 bits per heavy atom. The van der Waals surface area contributed by atoms with E-state index < -0.39 is 0 Å². The Morgan fingerprint density at radius 3 is 2.50 bits per heavy atom. The lowest BCUT2D eigenvalue weighted by Crippen LogP contribution is -2.12. The van der Waals surface area contributed by atoms with Crippen molar-refractivity contribution in [3.63, 3.8) is 0 Å². The Labute approximate surface area is 97.1 Å². The highest BCUT2D eigenvalue weighted by Crippen LogP contribution is 2.10. The topological polar surface area (TPSA) is 29.1 Å². The number of rotatable bonds is 4. The van der Waals surface area contributed by atoms with Gasteiger partial charge in [0, 0.05) is 17.7 Å². The predicted octanol–water partition coefficient (Wildman–Crippen LogP) is 3.04. The summed E-state index contributed by atoms with van der Waals surface area (Å²) in [6.07, 6.45) is 6.72. The van der Waals surface area contributed by atoms with Crippen LogP contribution in [0.4, 0.5) is 5.69 Å². The van der Waals surface area contributed by atoms with E-state index in [4.69, 9.17) is 6.42 Å². The van der Waals surface area contributed by atoms with E-state index in [9.17, 15) is 4.79 Å². The number of benzene rings is 1. The van der Waals surface area contributed by atoms with Gasteiger partial charge in [0.05, 0.1) is 0 Å². The van der Waals surface area contributed by atoms with E-state index in [1.165, 1.54) is 0 Å². The quantitative estimate of drug-likeness (QED) is 0.768. The number of hydrogen-bond acceptors (Lipinski definition) is 1. The number of hydrogen-bond donors (Lipinski definition) is 1. The maximum atomic E-state index is 11.5. The first-order valence-corrected chi connectivity index (χ1v) is 5.48. The van der Waals surface area contributed by atoms with Crippen molar-refractivity contribution in [1.82, 2.24) is 0 Å². The Balaban J connectivity index is 2.47. The summed E-state index contributed by atoms with van der Waals surface area (Å²) < 4.78 is 0. The minimum atomic E-state index is 0.0576. The fraction of sp³-hybridized carbons (Fsp3) is 0.357. The molecule has 16 heavy (non-hydrogen) atoms. The Morgan fingerprint density at radius 2 is 2.00 bits per heavy atom. The van der Waals surface area contributed by atoms with Crippen molar-refractivity contribution in [2.24, 2.45) is 5.92 Å². The lowest BCUT2D eigenvalue weighted by atomic mass is 10.1. The second-order valence-electron chi connectivity index (χ2n) is 4.20. The standard InChI is InChI=1S/C14H17NO/c1-4-12-6-8-13(9-7-12)15-14(16)10-5-11(2)3/h1,6-9,11H,5,10H2,2-3H3,(H,15,16). The number of carbonyl (C=O) groups excluding carboxylic acids is 1. The van der Waals surface area contributed by atoms with Gasteiger partial charge in [-0.2, -0.15) is 0 Å². The molecule has 0 aliphatic heterocycles. The summed E-state index contributed by atoms with van der Waals surface area (Å²) >= 11 is 0. The minimum Gasteiger partial charge on any atom is -0.326 e. The Kier molecular flexibility index (Phi) is 4.60. The SMILES string of the molecule is C#Cc1ccc(NC(=O)CCC(C)C)cc1. The van der Waals surface area contributed by atoms with Gasteiger partial charge in [0.15, 0.2) is 0 Å². The van der Waals surface area contributed by atoms with Gasteiger partial charge in [-0.3, -0.25) is 4.79 Å². The molecule has 1 N–H and O–H groups in total. The van der Waals surface area contributed by atoms with Gasteiger partial charge in [-0.15, -0.1) is 6.42 Å². The van der Waals surface area contributed by atoms with Gasteiger partial charge in [-0.25, -0.2) is 0 Å². The second kappa shape index (κ2) is 5.97. The van der Waals surface area contributed by atoms with E-state index in [-0.39, 0.29) is 5.91 Å². The molecular formula is C14H17NO. The van der Waals surface area contributed by atoms with Crippen LogP contribution in [0.1, 0.15) is 32.3 Å². The lowest BCUT2D eigenvalue weighted by Gasteiger charge is -2.06. The Bertz CT molecular complexity index is 384. The predicted molar refractivity (Wildman–Crippen MR) is 67.1 cm³/mol. The molecule has 1 aromatic carbocycles. The molecule has 0 unspecified atom stereocenters. The first kappa shape index (κ1) is 12.3. The van der Waals surface area contributed by atoms with Gasteiger partial charge >= 0.3 is 0 Å². The molecule has 0 spiro atoms. The summed E-state index contributed by atoms with van der Waals surface area (Å²) in [4.78, 5) is 11.5. The highest BCUT2D eigenvalue weighted by Gasteiger charge is 2.03. The zero-order valence-electron chi connectivity index (χ0n) is 9.79. The third-order valence-electron chi connectivity index (χ3n) is 2.28. The number of terminal acetylenes is 1. The van der Waals surface area contributed by atoms with Crippen LogP contribution in [0.3, 0.4) is 0 Å².